The van der Waals surface area contributed by atoms with Gasteiger partial charge in [0.25, 0.3) is 11.5 Å². The molecule has 2 fully saturated rings. The summed E-state index contributed by atoms with van der Waals surface area (Å²) in [6.07, 6.45) is 6.36. The van der Waals surface area contributed by atoms with Gasteiger partial charge >= 0.3 is 0 Å². The molecule has 1 aliphatic heterocycles. The number of ether oxygens (including phenoxy) is 1. The molecule has 1 saturated heterocycles. The van der Waals surface area contributed by atoms with Crippen molar-refractivity contribution in [2.24, 2.45) is 0 Å². The maximum absolute atomic E-state index is 13.7. The van der Waals surface area contributed by atoms with Crippen molar-refractivity contribution in [2.45, 2.75) is 58.5 Å². The first-order valence-electron chi connectivity index (χ1n) is 15.1. The van der Waals surface area contributed by atoms with Crippen LogP contribution in [0.1, 0.15) is 64.0 Å². The van der Waals surface area contributed by atoms with Crippen LogP contribution in [0.15, 0.2) is 47.3 Å². The molecule has 0 unspecified atom stereocenters. The number of morpholine rings is 1. The number of aryl methyl sites for hydroxylation is 2. The van der Waals surface area contributed by atoms with E-state index in [1.54, 1.807) is 0 Å². The predicted octanol–water partition coefficient (Wildman–Crippen LogP) is 4.84. The second kappa shape index (κ2) is 13.5. The SMILES string of the molecule is Cc1cc(C)c(CCNC(=O)c2cc(-c3ccc(CN4CCOCC4)cc3)cc(N(C)C3CCCC3)c2C=N)c(=O)[nH]1. The third-order valence-corrected chi connectivity index (χ3v) is 8.75. The zero-order chi connectivity index (χ0) is 29.6. The Morgan fingerprint density at radius 1 is 1.10 bits per heavy atom. The van der Waals surface area contributed by atoms with Gasteiger partial charge in [-0.05, 0) is 73.6 Å². The highest BCUT2D eigenvalue weighted by Crippen LogP contribution is 2.34. The molecule has 0 radical (unpaired) electrons. The van der Waals surface area contributed by atoms with Gasteiger partial charge in [-0.3, -0.25) is 14.5 Å². The molecule has 2 aromatic carbocycles. The molecule has 8 nitrogen and oxygen atoms in total. The van der Waals surface area contributed by atoms with E-state index < -0.39 is 0 Å². The molecule has 3 N–H and O–H groups in total. The van der Waals surface area contributed by atoms with Crippen molar-refractivity contribution >= 4 is 17.8 Å². The number of rotatable bonds is 10. The van der Waals surface area contributed by atoms with E-state index in [2.05, 4.69) is 57.5 Å². The number of amides is 1. The number of carbonyl (C=O) groups is 1. The van der Waals surface area contributed by atoms with Crippen molar-refractivity contribution in [3.63, 3.8) is 0 Å². The Labute approximate surface area is 248 Å². The molecular weight excluding hydrogens is 526 g/mol. The number of benzene rings is 2. The van der Waals surface area contributed by atoms with Gasteiger partial charge in [0.1, 0.15) is 0 Å². The Morgan fingerprint density at radius 2 is 1.81 bits per heavy atom. The van der Waals surface area contributed by atoms with E-state index in [0.29, 0.717) is 35.7 Å². The summed E-state index contributed by atoms with van der Waals surface area (Å²) in [5.74, 6) is -0.235. The van der Waals surface area contributed by atoms with E-state index in [1.807, 2.05) is 26.0 Å². The van der Waals surface area contributed by atoms with Crippen LogP contribution in [-0.2, 0) is 17.7 Å². The highest BCUT2D eigenvalue weighted by Gasteiger charge is 2.25. The lowest BCUT2D eigenvalue weighted by Crippen LogP contribution is -2.35. The van der Waals surface area contributed by atoms with Crippen molar-refractivity contribution < 1.29 is 9.53 Å². The molecule has 1 aliphatic carbocycles. The smallest absolute Gasteiger partial charge is 0.252 e. The molecule has 0 bridgehead atoms. The summed E-state index contributed by atoms with van der Waals surface area (Å²) in [7, 11) is 2.08. The summed E-state index contributed by atoms with van der Waals surface area (Å²) in [6.45, 7) is 8.46. The molecule has 42 heavy (non-hydrogen) atoms. The zero-order valence-electron chi connectivity index (χ0n) is 25.1. The van der Waals surface area contributed by atoms with Gasteiger partial charge < -0.3 is 25.3 Å². The molecule has 2 heterocycles. The Hall–Kier alpha value is -3.75. The Kier molecular flexibility index (Phi) is 9.55. The highest BCUT2D eigenvalue weighted by atomic mass is 16.5. The monoisotopic (exact) mass is 569 g/mol. The Morgan fingerprint density at radius 3 is 2.48 bits per heavy atom. The van der Waals surface area contributed by atoms with Crippen LogP contribution in [0.4, 0.5) is 5.69 Å². The fourth-order valence-corrected chi connectivity index (χ4v) is 6.33. The fourth-order valence-electron chi connectivity index (χ4n) is 6.33. The summed E-state index contributed by atoms with van der Waals surface area (Å²) in [5, 5.41) is 11.3. The van der Waals surface area contributed by atoms with E-state index >= 15 is 0 Å². The Bertz CT molecular complexity index is 1470. The van der Waals surface area contributed by atoms with Crippen LogP contribution in [0.3, 0.4) is 0 Å². The second-order valence-corrected chi connectivity index (χ2v) is 11.7. The molecule has 0 atom stereocenters. The van der Waals surface area contributed by atoms with Crippen LogP contribution >= 0.6 is 0 Å². The number of anilines is 1. The number of pyridine rings is 1. The molecular formula is C34H43N5O3. The van der Waals surface area contributed by atoms with E-state index in [4.69, 9.17) is 10.1 Å². The lowest BCUT2D eigenvalue weighted by Gasteiger charge is -2.29. The number of aromatic amines is 1. The van der Waals surface area contributed by atoms with Crippen LogP contribution < -0.4 is 15.8 Å². The summed E-state index contributed by atoms with van der Waals surface area (Å²) < 4.78 is 5.48. The average Bonchev–Trinajstić information content (AvgIpc) is 3.53. The maximum Gasteiger partial charge on any atom is 0.252 e. The van der Waals surface area contributed by atoms with Gasteiger partial charge in [-0.1, -0.05) is 37.1 Å². The van der Waals surface area contributed by atoms with Crippen molar-refractivity contribution in [3.8, 4) is 11.1 Å². The second-order valence-electron chi connectivity index (χ2n) is 11.7. The number of hydrogen-bond acceptors (Lipinski definition) is 6. The molecule has 222 valence electrons. The van der Waals surface area contributed by atoms with Crippen LogP contribution in [0.2, 0.25) is 0 Å². The quantitative estimate of drug-likeness (QED) is 0.304. The van der Waals surface area contributed by atoms with Gasteiger partial charge in [-0.25, -0.2) is 0 Å². The standard InChI is InChI=1S/C34H43N5O3/c1-23-18-24(2)37-34(41)29(23)12-13-36-33(40)30-19-27(20-32(31(30)21-35)38(3)28-6-4-5-7-28)26-10-8-25(9-11-26)22-39-14-16-42-17-15-39/h8-11,18-21,28,35H,4-7,12-17,22H2,1-3H3,(H,36,40)(H,37,41). The number of nitrogens with zero attached hydrogens (tertiary/aromatic N) is 2. The van der Waals surface area contributed by atoms with Gasteiger partial charge in [-0.15, -0.1) is 0 Å². The van der Waals surface area contributed by atoms with Crippen molar-refractivity contribution in [1.29, 1.82) is 5.41 Å². The first-order valence-corrected chi connectivity index (χ1v) is 15.1. The van der Waals surface area contributed by atoms with E-state index in [9.17, 15) is 9.59 Å². The lowest BCUT2D eigenvalue weighted by molar-refractivity contribution is 0.0342. The number of nitrogens with one attached hydrogen (secondary N) is 3. The van der Waals surface area contributed by atoms with Crippen LogP contribution in [0.5, 0.6) is 0 Å². The van der Waals surface area contributed by atoms with Gasteiger partial charge in [0.05, 0.1) is 18.8 Å². The minimum atomic E-state index is -0.235. The summed E-state index contributed by atoms with van der Waals surface area (Å²) in [5.41, 5.74) is 7.57. The van der Waals surface area contributed by atoms with E-state index in [-0.39, 0.29) is 11.5 Å². The van der Waals surface area contributed by atoms with Crippen molar-refractivity contribution in [3.05, 3.63) is 86.3 Å². The predicted molar refractivity (Wildman–Crippen MR) is 169 cm³/mol. The van der Waals surface area contributed by atoms with Crippen LogP contribution in [0, 0.1) is 19.3 Å². The minimum Gasteiger partial charge on any atom is -0.379 e. The largest absolute Gasteiger partial charge is 0.379 e. The summed E-state index contributed by atoms with van der Waals surface area (Å²) >= 11 is 0. The number of hydrogen-bond donors (Lipinski definition) is 3. The molecule has 0 spiro atoms. The van der Waals surface area contributed by atoms with Gasteiger partial charge in [-0.2, -0.15) is 0 Å². The van der Waals surface area contributed by atoms with Crippen molar-refractivity contribution in [1.82, 2.24) is 15.2 Å². The van der Waals surface area contributed by atoms with Gasteiger partial charge in [0.2, 0.25) is 0 Å². The van der Waals surface area contributed by atoms with Crippen LogP contribution in [-0.4, -0.2) is 67.9 Å². The topological polar surface area (TPSA) is 102 Å². The van der Waals surface area contributed by atoms with Gasteiger partial charge in [0.15, 0.2) is 0 Å². The number of H-pyrrole nitrogens is 1. The lowest BCUT2D eigenvalue weighted by atomic mass is 9.95. The third kappa shape index (κ3) is 6.82. The molecule has 5 rings (SSSR count). The normalized spacial score (nSPS) is 16.0. The molecule has 3 aromatic rings. The third-order valence-electron chi connectivity index (χ3n) is 8.75. The first kappa shape index (κ1) is 29.7. The number of carbonyl (C=O) groups excluding carboxylic acids is 1. The summed E-state index contributed by atoms with van der Waals surface area (Å²) in [6, 6.07) is 15.0. The van der Waals surface area contributed by atoms with Crippen LogP contribution in [0.25, 0.3) is 11.1 Å². The van der Waals surface area contributed by atoms with Crippen molar-refractivity contribution in [2.75, 3.05) is 44.8 Å². The number of aromatic nitrogens is 1. The van der Waals surface area contributed by atoms with E-state index in [0.717, 1.165) is 73.8 Å². The Balaban J connectivity index is 1.42. The molecule has 2 aliphatic rings. The molecule has 8 heteroatoms. The van der Waals surface area contributed by atoms with E-state index in [1.165, 1.54) is 24.6 Å². The summed E-state index contributed by atoms with van der Waals surface area (Å²) in [4.78, 5) is 33.7. The molecule has 1 saturated carbocycles. The first-order chi connectivity index (χ1) is 20.3. The maximum atomic E-state index is 13.7. The highest BCUT2D eigenvalue weighted by molar-refractivity contribution is 6.06. The average molecular weight is 570 g/mol. The molecule has 1 amide bonds. The fraction of sp³-hybridized carbons (Fsp3) is 0.441. The molecule has 1 aromatic heterocycles. The minimum absolute atomic E-state index is 0.110. The van der Waals surface area contributed by atoms with Gasteiger partial charge in [0, 0.05) is 68.0 Å². The zero-order valence-corrected chi connectivity index (χ0v) is 25.1.